The summed E-state index contributed by atoms with van der Waals surface area (Å²) in [6.45, 7) is 1.29. The van der Waals surface area contributed by atoms with Crippen LogP contribution in [0.1, 0.15) is 5.56 Å². The number of benzene rings is 1. The van der Waals surface area contributed by atoms with Crippen LogP contribution in [-0.2, 0) is 4.79 Å². The maximum absolute atomic E-state index is 11.3. The summed E-state index contributed by atoms with van der Waals surface area (Å²) in [5.74, 6) is 1.18. The number of amides is 1. The van der Waals surface area contributed by atoms with Crippen LogP contribution in [-0.4, -0.2) is 37.4 Å². The Hall–Kier alpha value is -2.01. The van der Waals surface area contributed by atoms with Crippen molar-refractivity contribution in [1.29, 1.82) is 0 Å². The Morgan fingerprint density at radius 3 is 2.89 bits per heavy atom. The van der Waals surface area contributed by atoms with Crippen molar-refractivity contribution in [3.05, 3.63) is 29.8 Å². The van der Waals surface area contributed by atoms with Crippen molar-refractivity contribution in [2.75, 3.05) is 26.4 Å². The first-order chi connectivity index (χ1) is 8.79. The summed E-state index contributed by atoms with van der Waals surface area (Å²) in [7, 11) is 0. The molecule has 0 atom stereocenters. The molecule has 96 valence electrons. The van der Waals surface area contributed by atoms with Gasteiger partial charge in [0, 0.05) is 12.6 Å². The molecule has 0 radical (unpaired) electrons. The Morgan fingerprint density at radius 2 is 2.11 bits per heavy atom. The number of hydrogen-bond donors (Lipinski definition) is 2. The monoisotopic (exact) mass is 249 g/mol. The third-order valence-electron chi connectivity index (χ3n) is 2.40. The van der Waals surface area contributed by atoms with Crippen molar-refractivity contribution in [1.82, 2.24) is 5.32 Å². The summed E-state index contributed by atoms with van der Waals surface area (Å²) < 4.78 is 10.8. The van der Waals surface area contributed by atoms with Crippen LogP contribution in [0.4, 0.5) is 0 Å². The largest absolute Gasteiger partial charge is 0.486 e. The standard InChI is InChI=1S/C13H15NO4/c15-6-5-14-13(16)4-2-10-1-3-11-12(9-10)18-8-7-17-11/h1-4,9,15H,5-8H2,(H,14,16)/b4-2+. The molecule has 1 aromatic carbocycles. The van der Waals surface area contributed by atoms with Gasteiger partial charge in [-0.3, -0.25) is 4.79 Å². The first kappa shape index (κ1) is 12.4. The zero-order valence-electron chi connectivity index (χ0n) is 9.89. The van der Waals surface area contributed by atoms with Crippen LogP contribution < -0.4 is 14.8 Å². The predicted octanol–water partition coefficient (Wildman–Crippen LogP) is 0.579. The highest BCUT2D eigenvalue weighted by Gasteiger charge is 2.10. The number of ether oxygens (including phenoxy) is 2. The molecule has 2 N–H and O–H groups in total. The van der Waals surface area contributed by atoms with Crippen LogP contribution in [0.25, 0.3) is 6.08 Å². The summed E-state index contributed by atoms with van der Waals surface area (Å²) >= 11 is 0. The second kappa shape index (κ2) is 6.07. The third-order valence-corrected chi connectivity index (χ3v) is 2.40. The quantitative estimate of drug-likeness (QED) is 0.766. The SMILES string of the molecule is O=C(/C=C/c1ccc2c(c1)OCCO2)NCCO. The van der Waals surface area contributed by atoms with E-state index in [1.54, 1.807) is 6.08 Å². The lowest BCUT2D eigenvalue weighted by Crippen LogP contribution is -2.24. The second-order valence-corrected chi connectivity index (χ2v) is 3.75. The lowest BCUT2D eigenvalue weighted by Gasteiger charge is -2.18. The van der Waals surface area contributed by atoms with E-state index in [-0.39, 0.29) is 19.1 Å². The normalized spacial score (nSPS) is 13.6. The fourth-order valence-electron chi connectivity index (χ4n) is 1.57. The highest BCUT2D eigenvalue weighted by atomic mass is 16.6. The van der Waals surface area contributed by atoms with Gasteiger partial charge in [-0.2, -0.15) is 0 Å². The summed E-state index contributed by atoms with van der Waals surface area (Å²) in [4.78, 5) is 11.3. The summed E-state index contributed by atoms with van der Waals surface area (Å²) in [6.07, 6.45) is 3.10. The molecule has 1 heterocycles. The van der Waals surface area contributed by atoms with Gasteiger partial charge in [-0.05, 0) is 23.8 Å². The Morgan fingerprint density at radius 1 is 1.33 bits per heavy atom. The van der Waals surface area contributed by atoms with Gasteiger partial charge in [-0.1, -0.05) is 6.07 Å². The molecule has 0 unspecified atom stereocenters. The maximum Gasteiger partial charge on any atom is 0.244 e. The smallest absolute Gasteiger partial charge is 0.244 e. The molecule has 0 spiro atoms. The molecule has 0 aromatic heterocycles. The van der Waals surface area contributed by atoms with Crippen LogP contribution in [0.5, 0.6) is 11.5 Å². The van der Waals surface area contributed by atoms with E-state index in [1.807, 2.05) is 18.2 Å². The molecule has 0 saturated heterocycles. The van der Waals surface area contributed by atoms with E-state index in [2.05, 4.69) is 5.32 Å². The molecule has 18 heavy (non-hydrogen) atoms. The molecule has 0 aliphatic carbocycles. The van der Waals surface area contributed by atoms with Crippen molar-refractivity contribution in [2.24, 2.45) is 0 Å². The van der Waals surface area contributed by atoms with E-state index in [9.17, 15) is 4.79 Å². The molecular formula is C13H15NO4. The Labute approximate surface area is 105 Å². The Bertz CT molecular complexity index is 456. The molecule has 0 saturated carbocycles. The molecule has 5 heteroatoms. The first-order valence-corrected chi connectivity index (χ1v) is 5.76. The summed E-state index contributed by atoms with van der Waals surface area (Å²) in [5, 5.41) is 11.1. The highest BCUT2D eigenvalue weighted by molar-refractivity contribution is 5.91. The number of rotatable bonds is 4. The first-order valence-electron chi connectivity index (χ1n) is 5.76. The number of fused-ring (bicyclic) bond motifs is 1. The minimum Gasteiger partial charge on any atom is -0.486 e. The van der Waals surface area contributed by atoms with Crippen molar-refractivity contribution >= 4 is 12.0 Å². The lowest BCUT2D eigenvalue weighted by atomic mass is 10.2. The van der Waals surface area contributed by atoms with Gasteiger partial charge in [0.1, 0.15) is 13.2 Å². The molecule has 0 fully saturated rings. The number of hydrogen-bond acceptors (Lipinski definition) is 4. The van der Waals surface area contributed by atoms with Crippen molar-refractivity contribution in [3.63, 3.8) is 0 Å². The van der Waals surface area contributed by atoms with Gasteiger partial charge in [-0.15, -0.1) is 0 Å². The predicted molar refractivity (Wildman–Crippen MR) is 66.6 cm³/mol. The van der Waals surface area contributed by atoms with E-state index in [0.717, 1.165) is 11.3 Å². The van der Waals surface area contributed by atoms with Crippen LogP contribution in [0.15, 0.2) is 24.3 Å². The molecule has 1 aromatic rings. The molecular weight excluding hydrogens is 234 g/mol. The molecule has 0 bridgehead atoms. The van der Waals surface area contributed by atoms with E-state index < -0.39 is 0 Å². The van der Waals surface area contributed by atoms with Gasteiger partial charge in [0.15, 0.2) is 11.5 Å². The Balaban J connectivity index is 2.01. The Kier molecular flexibility index (Phi) is 4.20. The molecule has 2 rings (SSSR count). The third kappa shape index (κ3) is 3.24. The molecule has 1 aliphatic heterocycles. The molecule has 1 aliphatic rings. The average Bonchev–Trinajstić information content (AvgIpc) is 2.42. The zero-order chi connectivity index (χ0) is 12.8. The van der Waals surface area contributed by atoms with Crippen molar-refractivity contribution in [3.8, 4) is 11.5 Å². The minimum absolute atomic E-state index is 0.0659. The number of aliphatic hydroxyl groups is 1. The fourth-order valence-corrected chi connectivity index (χ4v) is 1.57. The van der Waals surface area contributed by atoms with Crippen LogP contribution in [0.3, 0.4) is 0 Å². The fraction of sp³-hybridized carbons (Fsp3) is 0.308. The van der Waals surface area contributed by atoms with Gasteiger partial charge in [0.05, 0.1) is 6.61 Å². The zero-order valence-corrected chi connectivity index (χ0v) is 9.89. The lowest BCUT2D eigenvalue weighted by molar-refractivity contribution is -0.116. The van der Waals surface area contributed by atoms with Gasteiger partial charge in [0.2, 0.25) is 5.91 Å². The van der Waals surface area contributed by atoms with E-state index >= 15 is 0 Å². The second-order valence-electron chi connectivity index (χ2n) is 3.75. The van der Waals surface area contributed by atoms with E-state index in [1.165, 1.54) is 6.08 Å². The van der Waals surface area contributed by atoms with Crippen LogP contribution in [0, 0.1) is 0 Å². The number of aliphatic hydroxyl groups excluding tert-OH is 1. The van der Waals surface area contributed by atoms with Crippen LogP contribution >= 0.6 is 0 Å². The topological polar surface area (TPSA) is 67.8 Å². The summed E-state index contributed by atoms with van der Waals surface area (Å²) in [6, 6.07) is 5.49. The average molecular weight is 249 g/mol. The summed E-state index contributed by atoms with van der Waals surface area (Å²) in [5.41, 5.74) is 0.860. The van der Waals surface area contributed by atoms with Crippen LogP contribution in [0.2, 0.25) is 0 Å². The number of carbonyl (C=O) groups is 1. The number of nitrogens with one attached hydrogen (secondary N) is 1. The molecule has 5 nitrogen and oxygen atoms in total. The highest BCUT2D eigenvalue weighted by Crippen LogP contribution is 2.30. The maximum atomic E-state index is 11.3. The minimum atomic E-state index is -0.237. The van der Waals surface area contributed by atoms with Gasteiger partial charge < -0.3 is 19.9 Å². The van der Waals surface area contributed by atoms with Crippen molar-refractivity contribution in [2.45, 2.75) is 0 Å². The van der Waals surface area contributed by atoms with Gasteiger partial charge in [0.25, 0.3) is 0 Å². The van der Waals surface area contributed by atoms with E-state index in [0.29, 0.717) is 19.0 Å². The van der Waals surface area contributed by atoms with Crippen molar-refractivity contribution < 1.29 is 19.4 Å². The number of carbonyl (C=O) groups excluding carboxylic acids is 1. The van der Waals surface area contributed by atoms with Gasteiger partial charge in [-0.25, -0.2) is 0 Å². The van der Waals surface area contributed by atoms with Gasteiger partial charge >= 0.3 is 0 Å². The molecule has 1 amide bonds. The van der Waals surface area contributed by atoms with E-state index in [4.69, 9.17) is 14.6 Å².